The van der Waals surface area contributed by atoms with Gasteiger partial charge in [0.05, 0.1) is 22.0 Å². The monoisotopic (exact) mass is 1110 g/mol. The van der Waals surface area contributed by atoms with Crippen molar-refractivity contribution in [2.75, 3.05) is 26.4 Å². The van der Waals surface area contributed by atoms with Crippen molar-refractivity contribution in [1.29, 1.82) is 0 Å². The quantitative estimate of drug-likeness (QED) is 0.0659. The molecule has 0 bridgehead atoms. The Labute approximate surface area is 447 Å². The number of benzene rings is 5. The summed E-state index contributed by atoms with van der Waals surface area (Å²) in [5.41, 5.74) is -18.7. The van der Waals surface area contributed by atoms with E-state index >= 15 is 0 Å². The molecule has 5 aromatic carbocycles. The first-order valence-electron chi connectivity index (χ1n) is 18.6. The summed E-state index contributed by atoms with van der Waals surface area (Å²) in [5.74, 6) is -1.86. The van der Waals surface area contributed by atoms with Gasteiger partial charge in [-0.25, -0.2) is 0 Å². The Bertz CT molecular complexity index is 2980. The fourth-order valence-corrected chi connectivity index (χ4v) is 9.43. The molecule has 0 fully saturated rings. The maximum atomic E-state index is 12.9. The topological polar surface area (TPSA) is 184 Å². The molecule has 2 spiro atoms. The first kappa shape index (κ1) is 56.5. The second kappa shape index (κ2) is 20.6. The molecule has 0 N–H and O–H groups in total. The average Bonchev–Trinajstić information content (AvgIpc) is 4.02. The third kappa shape index (κ3) is 10.8. The van der Waals surface area contributed by atoms with E-state index in [0.29, 0.717) is 16.6 Å². The van der Waals surface area contributed by atoms with E-state index in [1.807, 2.05) is 18.2 Å². The number of aryl methyl sites for hydroxylation is 1. The van der Waals surface area contributed by atoms with Gasteiger partial charge in [-0.15, -0.1) is 0 Å². The smallest absolute Gasteiger partial charge is 0.492 e. The van der Waals surface area contributed by atoms with E-state index in [0.717, 1.165) is 30.3 Å². The van der Waals surface area contributed by atoms with E-state index in [-0.39, 0.29) is 131 Å². The average molecular weight is 1110 g/mol. The Morgan fingerprint density at radius 3 is 1.01 bits per heavy atom. The van der Waals surface area contributed by atoms with Gasteiger partial charge in [-0.2, -0.15) is 64.8 Å². The second-order valence-corrected chi connectivity index (χ2v) is 19.8. The minimum absolute atomic E-state index is 0. The molecule has 0 aliphatic carbocycles. The molecule has 69 heavy (non-hydrogen) atoms. The Balaban J connectivity index is 0.000000222. The van der Waals surface area contributed by atoms with Crippen LogP contribution in [0.25, 0.3) is 0 Å². The Hall–Kier alpha value is -3.46. The summed E-state index contributed by atoms with van der Waals surface area (Å²) in [4.78, 5) is 0. The molecule has 9 rings (SSSR count). The zero-order valence-electron chi connectivity index (χ0n) is 34.1. The minimum atomic E-state index is -6.13. The van der Waals surface area contributed by atoms with Crippen LogP contribution in [0.2, 0.25) is 0 Å². The summed E-state index contributed by atoms with van der Waals surface area (Å²) in [6.07, 6.45) is 0. The maximum absolute atomic E-state index is 12.9. The van der Waals surface area contributed by atoms with Gasteiger partial charge >= 0.3 is 46.9 Å². The Morgan fingerprint density at radius 1 is 0.449 bits per heavy atom. The minimum Gasteiger partial charge on any atom is -0.492 e. The third-order valence-electron chi connectivity index (χ3n) is 10.3. The van der Waals surface area contributed by atoms with E-state index in [4.69, 9.17) is 18.9 Å². The van der Waals surface area contributed by atoms with E-state index in [1.165, 1.54) is 29.8 Å². The van der Waals surface area contributed by atoms with Crippen molar-refractivity contribution >= 4 is 44.1 Å². The van der Waals surface area contributed by atoms with Gasteiger partial charge in [0.2, 0.25) is 0 Å². The number of halogens is 9. The van der Waals surface area contributed by atoms with Crippen LogP contribution in [0.15, 0.2) is 103 Å². The number of alkyl halides is 9. The van der Waals surface area contributed by atoms with Crippen molar-refractivity contribution in [2.24, 2.45) is 0 Å². The van der Waals surface area contributed by atoms with Crippen molar-refractivity contribution in [3.63, 3.8) is 0 Å². The molecule has 0 radical (unpaired) electrons. The molecule has 29 heteroatoms. The van der Waals surface area contributed by atoms with Gasteiger partial charge in [0.25, 0.3) is 0 Å². The van der Waals surface area contributed by atoms with Crippen LogP contribution in [0.3, 0.4) is 0 Å². The largest absolute Gasteiger partial charge is 0.534 e. The van der Waals surface area contributed by atoms with Crippen molar-refractivity contribution in [1.82, 2.24) is 0 Å². The Kier molecular flexibility index (Phi) is 16.8. The van der Waals surface area contributed by atoms with E-state index in [2.05, 4.69) is 31.6 Å². The standard InChI is InChI=1S/C17H10F6O8S2.C16H10F3O6PS.C7H8.2Ar/c18-16(19,20)32(24,25)30-11-5-1-3-9-13(11)15(7-28-9)8-29-10-4-2-6-12(14(10)15)31-33(26,27)17(21,22)23;17-16(18,19)27(21,22)25-11-5-1-3-9-13(11)15(7-23-9)8-24-10-4-2-6-12(26-20)14(10)15;1-7-5-3-2-4-6-7;;/h1-6H,7-8H2;1-6H,7-8H2;2-6H,1H3;;. The number of hydrogen-bond acceptors (Lipinski definition) is 14. The molecule has 4 aliphatic heterocycles. The zero-order valence-corrected chi connectivity index (χ0v) is 38.9. The van der Waals surface area contributed by atoms with Crippen LogP contribution in [0.5, 0.6) is 40.2 Å². The molecule has 0 saturated heterocycles. The predicted octanol–water partition coefficient (Wildman–Crippen LogP) is 8.11. The molecule has 4 aliphatic rings. The summed E-state index contributed by atoms with van der Waals surface area (Å²) in [6, 6.07) is 25.6. The molecule has 0 saturated carbocycles. The molecular formula is C40H28Ar2F9O14PS3. The molecule has 1 atom stereocenters. The number of rotatable bonds is 7. The molecule has 5 aromatic rings. The van der Waals surface area contributed by atoms with Gasteiger partial charge in [0.15, 0.2) is 25.7 Å². The van der Waals surface area contributed by atoms with Gasteiger partial charge in [-0.1, -0.05) is 60.2 Å². The third-order valence-corrected chi connectivity index (χ3v) is 13.7. The fraction of sp³-hybridized carbons (Fsp3) is 0.250. The van der Waals surface area contributed by atoms with E-state index in [1.54, 1.807) is 18.2 Å². The Morgan fingerprint density at radius 2 is 0.739 bits per heavy atom. The summed E-state index contributed by atoms with van der Waals surface area (Å²) < 4.78 is 232. The molecule has 0 aromatic heterocycles. The van der Waals surface area contributed by atoms with Gasteiger partial charge in [0.1, 0.15) is 60.3 Å². The van der Waals surface area contributed by atoms with E-state index in [9.17, 15) is 69.3 Å². The van der Waals surface area contributed by atoms with E-state index < -0.39 is 88.2 Å². The van der Waals surface area contributed by atoms with Crippen LogP contribution in [-0.2, 0) is 45.7 Å². The summed E-state index contributed by atoms with van der Waals surface area (Å²) in [5, 5.41) is 0.370. The second-order valence-electron chi connectivity index (χ2n) is 14.6. The van der Waals surface area contributed by atoms with Crippen molar-refractivity contribution in [3.8, 4) is 40.2 Å². The van der Waals surface area contributed by atoms with Crippen LogP contribution in [0.1, 0.15) is 27.8 Å². The van der Waals surface area contributed by atoms with Crippen LogP contribution in [0, 0.1) is 82.4 Å². The van der Waals surface area contributed by atoms with Crippen LogP contribution < -0.4 is 36.8 Å². The molecule has 14 nitrogen and oxygen atoms in total. The zero-order chi connectivity index (χ0) is 49.0. The van der Waals surface area contributed by atoms with Crippen LogP contribution >= 0.6 is 8.46 Å². The summed E-state index contributed by atoms with van der Waals surface area (Å²) in [6.45, 7) is 1.14. The van der Waals surface area contributed by atoms with Gasteiger partial charge < -0.3 is 31.5 Å². The summed E-state index contributed by atoms with van der Waals surface area (Å²) in [7, 11) is -18.4. The normalized spacial score (nSPS) is 17.2. The van der Waals surface area contributed by atoms with Crippen molar-refractivity contribution < 1.29 is 176 Å². The fourth-order valence-electron chi connectivity index (χ4n) is 7.46. The van der Waals surface area contributed by atoms with Crippen molar-refractivity contribution in [3.05, 3.63) is 131 Å². The summed E-state index contributed by atoms with van der Waals surface area (Å²) >= 11 is 0. The van der Waals surface area contributed by atoms with Gasteiger partial charge in [-0.05, 0) is 55.5 Å². The number of ether oxygens (including phenoxy) is 4. The van der Waals surface area contributed by atoms with Crippen LogP contribution in [0.4, 0.5) is 39.5 Å². The molecular weight excluding hydrogens is 1080 g/mol. The molecule has 4 heterocycles. The SMILES string of the molecule is Cc1ccccc1.O=Pc1cccc2c1C1(COc3cccc(OS(=O)(=O)C(F)(F)F)c31)CO2.O=S(=O)(Oc1cccc2c1C1(CO2)COc2cccc(OS(=O)(=O)C(F)(F)F)c21)C(F)(F)F.[Ar].[Ar]. The predicted molar refractivity (Wildman–Crippen MR) is 215 cm³/mol. The van der Waals surface area contributed by atoms with Gasteiger partial charge in [-0.3, -0.25) is 4.57 Å². The van der Waals surface area contributed by atoms with Crippen LogP contribution in [-0.4, -0.2) is 68.2 Å². The number of hydrogen-bond donors (Lipinski definition) is 0. The maximum Gasteiger partial charge on any atom is 0.534 e. The van der Waals surface area contributed by atoms with Crippen molar-refractivity contribution in [2.45, 2.75) is 34.3 Å². The first-order valence-corrected chi connectivity index (χ1v) is 23.6. The number of fused-ring (bicyclic) bond motifs is 8. The molecule has 374 valence electrons. The molecule has 0 amide bonds. The molecule has 1 unspecified atom stereocenters. The first-order chi connectivity index (χ1) is 31.2. The van der Waals surface area contributed by atoms with Gasteiger partial charge in [0, 0.05) is 81.0 Å².